The van der Waals surface area contributed by atoms with Crippen LogP contribution in [0.2, 0.25) is 0 Å². The zero-order chi connectivity index (χ0) is 11.9. The number of rotatable bonds is 4. The Labute approximate surface area is 95.9 Å². The maximum absolute atomic E-state index is 11.6. The first kappa shape index (κ1) is 11.6. The second kappa shape index (κ2) is 3.84. The molecule has 90 valence electrons. The third kappa shape index (κ3) is 1.56. The van der Waals surface area contributed by atoms with Crippen molar-refractivity contribution in [3.8, 4) is 0 Å². The van der Waals surface area contributed by atoms with Crippen LogP contribution in [0.15, 0.2) is 0 Å². The lowest BCUT2D eigenvalue weighted by molar-refractivity contribution is -0.141. The lowest BCUT2D eigenvalue weighted by Crippen LogP contribution is -2.42. The molecule has 2 rings (SSSR count). The van der Waals surface area contributed by atoms with Crippen LogP contribution in [0.4, 0.5) is 0 Å². The Morgan fingerprint density at radius 3 is 2.19 bits per heavy atom. The number of epoxide rings is 1. The van der Waals surface area contributed by atoms with Crippen LogP contribution in [0.1, 0.15) is 46.5 Å². The summed E-state index contributed by atoms with van der Waals surface area (Å²) in [4.78, 5) is 24.6. The predicted octanol–water partition coefficient (Wildman–Crippen LogP) is 1.48. The van der Waals surface area contributed by atoms with Crippen LogP contribution >= 0.6 is 0 Å². The van der Waals surface area contributed by atoms with Gasteiger partial charge in [0.15, 0.2) is 0 Å². The SMILES string of the molecule is CCC1(CC)OC1C(C)N1C(=O)CCC1=O. The highest BCUT2D eigenvalue weighted by Crippen LogP contribution is 2.46. The number of carbonyl (C=O) groups excluding carboxylic acids is 2. The van der Waals surface area contributed by atoms with Crippen molar-refractivity contribution in [2.75, 3.05) is 0 Å². The third-order valence-corrected chi connectivity index (χ3v) is 3.96. The van der Waals surface area contributed by atoms with Crippen LogP contribution in [0, 0.1) is 0 Å². The predicted molar refractivity (Wildman–Crippen MR) is 58.7 cm³/mol. The molecular weight excluding hydrogens is 206 g/mol. The molecule has 2 unspecified atom stereocenters. The van der Waals surface area contributed by atoms with Gasteiger partial charge in [0.05, 0.1) is 11.6 Å². The van der Waals surface area contributed by atoms with E-state index in [0.29, 0.717) is 12.8 Å². The lowest BCUT2D eigenvalue weighted by Gasteiger charge is -2.22. The van der Waals surface area contributed by atoms with Gasteiger partial charge in [0.1, 0.15) is 6.10 Å². The summed E-state index contributed by atoms with van der Waals surface area (Å²) < 4.78 is 5.73. The molecule has 0 aromatic carbocycles. The third-order valence-electron chi connectivity index (χ3n) is 3.96. The smallest absolute Gasteiger partial charge is 0.230 e. The molecule has 0 radical (unpaired) electrons. The van der Waals surface area contributed by atoms with E-state index in [-0.39, 0.29) is 29.6 Å². The van der Waals surface area contributed by atoms with Gasteiger partial charge in [-0.05, 0) is 19.8 Å². The molecule has 0 aromatic rings. The van der Waals surface area contributed by atoms with Crippen molar-refractivity contribution in [3.05, 3.63) is 0 Å². The molecule has 2 fully saturated rings. The highest BCUT2D eigenvalue weighted by molar-refractivity contribution is 6.02. The van der Waals surface area contributed by atoms with E-state index in [4.69, 9.17) is 4.74 Å². The molecule has 4 heteroatoms. The Kier molecular flexibility index (Phi) is 2.78. The van der Waals surface area contributed by atoms with E-state index in [0.717, 1.165) is 12.8 Å². The van der Waals surface area contributed by atoms with Crippen molar-refractivity contribution in [2.45, 2.75) is 64.2 Å². The molecule has 0 aromatic heterocycles. The van der Waals surface area contributed by atoms with Gasteiger partial charge < -0.3 is 4.74 Å². The minimum Gasteiger partial charge on any atom is -0.364 e. The number of hydrogen-bond donors (Lipinski definition) is 0. The summed E-state index contributed by atoms with van der Waals surface area (Å²) in [6, 6.07) is -0.109. The van der Waals surface area contributed by atoms with E-state index in [1.54, 1.807) is 0 Å². The maximum Gasteiger partial charge on any atom is 0.230 e. The van der Waals surface area contributed by atoms with E-state index in [1.807, 2.05) is 6.92 Å². The van der Waals surface area contributed by atoms with Gasteiger partial charge in [-0.1, -0.05) is 13.8 Å². The molecule has 16 heavy (non-hydrogen) atoms. The Morgan fingerprint density at radius 1 is 1.31 bits per heavy atom. The first-order chi connectivity index (χ1) is 7.55. The number of imide groups is 1. The van der Waals surface area contributed by atoms with Gasteiger partial charge in [0.2, 0.25) is 11.8 Å². The molecule has 2 aliphatic heterocycles. The normalized spacial score (nSPS) is 29.7. The number of amides is 2. The van der Waals surface area contributed by atoms with Crippen molar-refractivity contribution in [3.63, 3.8) is 0 Å². The number of carbonyl (C=O) groups is 2. The number of ether oxygens (including phenoxy) is 1. The van der Waals surface area contributed by atoms with E-state index in [9.17, 15) is 9.59 Å². The van der Waals surface area contributed by atoms with Crippen LogP contribution in [-0.2, 0) is 14.3 Å². The van der Waals surface area contributed by atoms with Gasteiger partial charge in [-0.15, -0.1) is 0 Å². The van der Waals surface area contributed by atoms with Crippen LogP contribution in [0.5, 0.6) is 0 Å². The highest BCUT2D eigenvalue weighted by Gasteiger charge is 2.58. The van der Waals surface area contributed by atoms with E-state index in [1.165, 1.54) is 4.90 Å². The molecule has 4 nitrogen and oxygen atoms in total. The summed E-state index contributed by atoms with van der Waals surface area (Å²) >= 11 is 0. The summed E-state index contributed by atoms with van der Waals surface area (Å²) in [5.74, 6) is -0.0942. The van der Waals surface area contributed by atoms with Gasteiger partial charge in [-0.25, -0.2) is 0 Å². The van der Waals surface area contributed by atoms with E-state index >= 15 is 0 Å². The molecule has 0 aliphatic carbocycles. The fourth-order valence-electron chi connectivity index (χ4n) is 2.76. The first-order valence-corrected chi connectivity index (χ1v) is 6.08. The van der Waals surface area contributed by atoms with Gasteiger partial charge in [0, 0.05) is 12.8 Å². The zero-order valence-corrected chi connectivity index (χ0v) is 10.2. The van der Waals surface area contributed by atoms with Crippen LogP contribution in [-0.4, -0.2) is 34.5 Å². The number of hydrogen-bond acceptors (Lipinski definition) is 3. The molecular formula is C12H19NO3. The summed E-state index contributed by atoms with van der Waals surface area (Å²) in [6.07, 6.45) is 2.64. The minimum atomic E-state index is -0.109. The Bertz CT molecular complexity index is 306. The average molecular weight is 225 g/mol. The van der Waals surface area contributed by atoms with Gasteiger partial charge in [-0.2, -0.15) is 0 Å². The fraction of sp³-hybridized carbons (Fsp3) is 0.833. The quantitative estimate of drug-likeness (QED) is 0.538. The Balaban J connectivity index is 2.07. The monoisotopic (exact) mass is 225 g/mol. The summed E-state index contributed by atoms with van der Waals surface area (Å²) in [6.45, 7) is 6.09. The Morgan fingerprint density at radius 2 is 1.81 bits per heavy atom. The zero-order valence-electron chi connectivity index (χ0n) is 10.2. The van der Waals surface area contributed by atoms with E-state index in [2.05, 4.69) is 13.8 Å². The molecule has 0 saturated carbocycles. The molecule has 2 amide bonds. The molecule has 0 N–H and O–H groups in total. The average Bonchev–Trinajstić information content (AvgIpc) is 2.93. The van der Waals surface area contributed by atoms with Crippen LogP contribution < -0.4 is 0 Å². The topological polar surface area (TPSA) is 49.9 Å². The second-order valence-electron chi connectivity index (χ2n) is 4.71. The number of likely N-dealkylation sites (tertiary alicyclic amines) is 1. The second-order valence-corrected chi connectivity index (χ2v) is 4.71. The van der Waals surface area contributed by atoms with Gasteiger partial charge in [0.25, 0.3) is 0 Å². The molecule has 0 spiro atoms. The molecule has 2 atom stereocenters. The van der Waals surface area contributed by atoms with Crippen molar-refractivity contribution in [1.82, 2.24) is 4.90 Å². The molecule has 2 heterocycles. The highest BCUT2D eigenvalue weighted by atomic mass is 16.6. The van der Waals surface area contributed by atoms with Crippen molar-refractivity contribution in [1.29, 1.82) is 0 Å². The number of nitrogens with zero attached hydrogens (tertiary/aromatic N) is 1. The van der Waals surface area contributed by atoms with Crippen molar-refractivity contribution in [2.24, 2.45) is 0 Å². The first-order valence-electron chi connectivity index (χ1n) is 6.08. The summed E-state index contributed by atoms with van der Waals surface area (Å²) in [7, 11) is 0. The molecule has 2 aliphatic rings. The maximum atomic E-state index is 11.6. The lowest BCUT2D eigenvalue weighted by atomic mass is 9.95. The van der Waals surface area contributed by atoms with Gasteiger partial charge in [-0.3, -0.25) is 14.5 Å². The van der Waals surface area contributed by atoms with Gasteiger partial charge >= 0.3 is 0 Å². The molecule has 0 bridgehead atoms. The fourth-order valence-corrected chi connectivity index (χ4v) is 2.76. The van der Waals surface area contributed by atoms with Crippen LogP contribution in [0.25, 0.3) is 0 Å². The largest absolute Gasteiger partial charge is 0.364 e. The Hall–Kier alpha value is -0.900. The standard InChI is InChI=1S/C12H19NO3/c1-4-12(5-2)11(16-12)8(3)13-9(14)6-7-10(13)15/h8,11H,4-7H2,1-3H3. The minimum absolute atomic E-state index is 0.0356. The van der Waals surface area contributed by atoms with Crippen molar-refractivity contribution >= 4 is 11.8 Å². The molecule has 2 saturated heterocycles. The van der Waals surface area contributed by atoms with Crippen LogP contribution in [0.3, 0.4) is 0 Å². The van der Waals surface area contributed by atoms with E-state index < -0.39 is 0 Å². The van der Waals surface area contributed by atoms with Crippen molar-refractivity contribution < 1.29 is 14.3 Å². The summed E-state index contributed by atoms with van der Waals surface area (Å²) in [5, 5.41) is 0. The summed E-state index contributed by atoms with van der Waals surface area (Å²) in [5.41, 5.74) is -0.0947.